The van der Waals surface area contributed by atoms with Gasteiger partial charge in [0, 0.05) is 51.9 Å². The van der Waals surface area contributed by atoms with Gasteiger partial charge in [0.1, 0.15) is 11.1 Å². The Hall–Kier alpha value is -4.49. The van der Waals surface area contributed by atoms with Crippen LogP contribution in [0.4, 0.5) is 4.79 Å². The molecule has 2 rings (SSSR count). The number of aryl methyl sites for hydroxylation is 2. The molecule has 300 valence electrons. The molecule has 0 saturated heterocycles. The number of ether oxygens (including phenoxy) is 2. The van der Waals surface area contributed by atoms with Crippen molar-refractivity contribution in [3.63, 3.8) is 0 Å². The summed E-state index contributed by atoms with van der Waals surface area (Å²) in [6.07, 6.45) is 3.81. The first-order valence-corrected chi connectivity index (χ1v) is 18.9. The third kappa shape index (κ3) is 19.0. The molecule has 0 fully saturated rings. The molecule has 0 heterocycles. The highest BCUT2D eigenvalue weighted by atomic mass is 16.7. The number of hydrogen-bond acceptors (Lipinski definition) is 9. The number of hydrogen-bond donors (Lipinski definition) is 4. The van der Waals surface area contributed by atoms with E-state index in [1.807, 2.05) is 86.5 Å². The van der Waals surface area contributed by atoms with Crippen LogP contribution in [0.3, 0.4) is 0 Å². The van der Waals surface area contributed by atoms with Gasteiger partial charge in [0.2, 0.25) is 23.6 Å². The van der Waals surface area contributed by atoms with Gasteiger partial charge >= 0.3 is 6.16 Å². The van der Waals surface area contributed by atoms with Crippen LogP contribution >= 0.6 is 0 Å². The Bertz CT molecular complexity index is 1360. The molecular formula is C41H64N6O7. The van der Waals surface area contributed by atoms with E-state index in [-0.39, 0.29) is 36.8 Å². The molecule has 54 heavy (non-hydrogen) atoms. The number of carbonyl (C=O) groups excluding carboxylic acids is 5. The maximum atomic E-state index is 12.5. The van der Waals surface area contributed by atoms with Crippen molar-refractivity contribution in [2.45, 2.75) is 90.1 Å². The molecule has 0 spiro atoms. The van der Waals surface area contributed by atoms with Crippen LogP contribution in [0.5, 0.6) is 0 Å². The highest BCUT2D eigenvalue weighted by Gasteiger charge is 2.30. The Morgan fingerprint density at radius 1 is 0.537 bits per heavy atom. The molecule has 0 atom stereocenters. The average Bonchev–Trinajstić information content (AvgIpc) is 3.08. The van der Waals surface area contributed by atoms with E-state index in [1.54, 1.807) is 27.7 Å². The molecule has 0 unspecified atom stereocenters. The van der Waals surface area contributed by atoms with Gasteiger partial charge in [-0.05, 0) is 104 Å². The van der Waals surface area contributed by atoms with Gasteiger partial charge < -0.3 is 40.5 Å². The zero-order chi connectivity index (χ0) is 40.1. The molecule has 0 aliphatic rings. The highest BCUT2D eigenvalue weighted by Crippen LogP contribution is 2.12. The second-order valence-electron chi connectivity index (χ2n) is 15.3. The molecular weight excluding hydrogens is 688 g/mol. The smallest absolute Gasteiger partial charge is 0.434 e. The van der Waals surface area contributed by atoms with Crippen molar-refractivity contribution < 1.29 is 33.4 Å². The summed E-state index contributed by atoms with van der Waals surface area (Å²) in [6.45, 7) is 9.70. The summed E-state index contributed by atoms with van der Waals surface area (Å²) in [7, 11) is 7.73. The summed E-state index contributed by atoms with van der Waals surface area (Å²) >= 11 is 0. The van der Waals surface area contributed by atoms with Crippen molar-refractivity contribution in [2.75, 3.05) is 67.6 Å². The minimum atomic E-state index is -0.982. The Labute approximate surface area is 322 Å². The zero-order valence-corrected chi connectivity index (χ0v) is 33.8. The largest absolute Gasteiger partial charge is 0.508 e. The molecule has 13 nitrogen and oxygen atoms in total. The first-order valence-electron chi connectivity index (χ1n) is 18.9. The van der Waals surface area contributed by atoms with Gasteiger partial charge in [0.25, 0.3) is 0 Å². The van der Waals surface area contributed by atoms with E-state index in [9.17, 15) is 24.0 Å². The number of rotatable bonds is 24. The molecule has 2 aromatic rings. The molecule has 0 radical (unpaired) electrons. The Kier molecular flexibility index (Phi) is 19.7. The number of amides is 4. The molecule has 4 N–H and O–H groups in total. The number of carbonyl (C=O) groups is 5. The van der Waals surface area contributed by atoms with Gasteiger partial charge in [-0.1, -0.05) is 48.5 Å². The van der Waals surface area contributed by atoms with Gasteiger partial charge in [-0.25, -0.2) is 4.79 Å². The van der Waals surface area contributed by atoms with Gasteiger partial charge in [-0.3, -0.25) is 19.2 Å². The lowest BCUT2D eigenvalue weighted by Crippen LogP contribution is -2.55. The lowest BCUT2D eigenvalue weighted by atomic mass is 10.0. The van der Waals surface area contributed by atoms with E-state index < -0.39 is 17.2 Å². The van der Waals surface area contributed by atoms with Crippen molar-refractivity contribution in [1.29, 1.82) is 0 Å². The van der Waals surface area contributed by atoms with Crippen molar-refractivity contribution in [3.05, 3.63) is 70.8 Å². The molecule has 4 amide bonds. The van der Waals surface area contributed by atoms with Crippen LogP contribution in [0.25, 0.3) is 0 Å². The molecule has 13 heteroatoms. The molecule has 0 aliphatic carbocycles. The fourth-order valence-corrected chi connectivity index (χ4v) is 5.36. The van der Waals surface area contributed by atoms with E-state index in [0.29, 0.717) is 51.6 Å². The predicted molar refractivity (Wildman–Crippen MR) is 211 cm³/mol. The molecule has 0 aliphatic heterocycles. The Balaban J connectivity index is 1.58. The number of nitrogens with zero attached hydrogens (tertiary/aromatic N) is 2. The van der Waals surface area contributed by atoms with E-state index in [2.05, 4.69) is 21.3 Å². The quantitative estimate of drug-likeness (QED) is 0.118. The summed E-state index contributed by atoms with van der Waals surface area (Å²) < 4.78 is 10.5. The third-order valence-electron chi connectivity index (χ3n) is 8.73. The van der Waals surface area contributed by atoms with Gasteiger partial charge in [-0.2, -0.15) is 0 Å². The second-order valence-corrected chi connectivity index (χ2v) is 15.3. The minimum Gasteiger partial charge on any atom is -0.434 e. The lowest BCUT2D eigenvalue weighted by molar-refractivity contribution is -0.132. The third-order valence-corrected chi connectivity index (χ3v) is 8.73. The Morgan fingerprint density at radius 2 is 0.852 bits per heavy atom. The van der Waals surface area contributed by atoms with Crippen molar-refractivity contribution in [2.24, 2.45) is 0 Å². The zero-order valence-electron chi connectivity index (χ0n) is 33.8. The van der Waals surface area contributed by atoms with Gasteiger partial charge in [-0.15, -0.1) is 0 Å². The average molecular weight is 753 g/mol. The molecule has 2 aromatic carbocycles. The fourth-order valence-electron chi connectivity index (χ4n) is 5.36. The maximum Gasteiger partial charge on any atom is 0.508 e. The first kappa shape index (κ1) is 45.7. The molecule has 0 aromatic heterocycles. The monoisotopic (exact) mass is 752 g/mol. The van der Waals surface area contributed by atoms with Crippen molar-refractivity contribution >= 4 is 29.8 Å². The van der Waals surface area contributed by atoms with Crippen LogP contribution in [0.1, 0.15) is 75.6 Å². The lowest BCUT2D eigenvalue weighted by Gasteiger charge is -2.25. The van der Waals surface area contributed by atoms with Crippen LogP contribution in [-0.4, -0.2) is 118 Å². The van der Waals surface area contributed by atoms with Crippen molar-refractivity contribution in [3.8, 4) is 0 Å². The first-order chi connectivity index (χ1) is 25.5. The summed E-state index contributed by atoms with van der Waals surface area (Å²) in [5, 5.41) is 11.4. The van der Waals surface area contributed by atoms with E-state index in [1.165, 1.54) is 0 Å². The van der Waals surface area contributed by atoms with Crippen LogP contribution < -0.4 is 21.3 Å². The summed E-state index contributed by atoms with van der Waals surface area (Å²) in [4.78, 5) is 65.9. The van der Waals surface area contributed by atoms with Gasteiger partial charge in [0.05, 0.1) is 13.2 Å². The molecule has 0 bridgehead atoms. The minimum absolute atomic E-state index is 0.160. The van der Waals surface area contributed by atoms with Crippen LogP contribution in [0, 0.1) is 0 Å². The summed E-state index contributed by atoms with van der Waals surface area (Å²) in [5.74, 6) is -0.732. The Morgan fingerprint density at radius 3 is 1.17 bits per heavy atom. The number of likely N-dealkylation sites (N-methyl/N-ethyl adjacent to an activating group) is 2. The standard InChI is InChI=1S/C41H64N6O7/c1-40(2,37(50)42-25-27-46(5)6)44-35(48)13-9-11-31-15-19-33(20-16-31)23-29-53-39(52)54-30-24-34-21-17-32(18-22-34)12-10-14-36(49)45-41(3,4)38(51)43-26-28-47(7)8/h15-22H,9-14,23-30H2,1-8H3,(H,42,50)(H,43,51)(H,44,48)(H,45,49). The fraction of sp³-hybridized carbons (Fsp3) is 0.585. The van der Waals surface area contributed by atoms with Crippen LogP contribution in [-0.2, 0) is 54.3 Å². The van der Waals surface area contributed by atoms with Gasteiger partial charge in [0.15, 0.2) is 0 Å². The molecule has 0 saturated carbocycles. The van der Waals surface area contributed by atoms with E-state index in [0.717, 1.165) is 48.2 Å². The SMILES string of the molecule is CN(C)CCNC(=O)C(C)(C)NC(=O)CCCc1ccc(CCOC(=O)OCCc2ccc(CCCC(=O)NC(C)(C)C(=O)NCCN(C)C)cc2)cc1. The van der Waals surface area contributed by atoms with E-state index >= 15 is 0 Å². The second kappa shape index (κ2) is 23.3. The normalized spacial score (nSPS) is 11.6. The van der Waals surface area contributed by atoms with Crippen molar-refractivity contribution in [1.82, 2.24) is 31.1 Å². The van der Waals surface area contributed by atoms with Crippen LogP contribution in [0.2, 0.25) is 0 Å². The van der Waals surface area contributed by atoms with Crippen LogP contribution in [0.15, 0.2) is 48.5 Å². The predicted octanol–water partition coefficient (Wildman–Crippen LogP) is 3.42. The topological polar surface area (TPSA) is 158 Å². The van der Waals surface area contributed by atoms with E-state index in [4.69, 9.17) is 9.47 Å². The number of nitrogens with one attached hydrogen (secondary N) is 4. The summed E-state index contributed by atoms with van der Waals surface area (Å²) in [6, 6.07) is 16.0. The summed E-state index contributed by atoms with van der Waals surface area (Å²) in [5.41, 5.74) is 2.28. The highest BCUT2D eigenvalue weighted by molar-refractivity contribution is 5.91. The maximum absolute atomic E-state index is 12.5. The number of benzene rings is 2.